The topological polar surface area (TPSA) is 15.3 Å². The number of likely N-dealkylation sites (N-methyl/N-ethyl adjacent to an activating group) is 1. The van der Waals surface area contributed by atoms with Crippen LogP contribution in [0.25, 0.3) is 0 Å². The Morgan fingerprint density at radius 1 is 1.43 bits per heavy atom. The summed E-state index contributed by atoms with van der Waals surface area (Å²) in [7, 11) is 1.79. The van der Waals surface area contributed by atoms with Gasteiger partial charge in [-0.2, -0.15) is 13.2 Å². The van der Waals surface area contributed by atoms with E-state index in [-0.39, 0.29) is 12.0 Å². The number of benzene rings is 1. The lowest BCUT2D eigenvalue weighted by atomic mass is 9.88. The fourth-order valence-electron chi connectivity index (χ4n) is 3.69. The molecule has 1 aromatic rings. The van der Waals surface area contributed by atoms with E-state index in [1.165, 1.54) is 6.07 Å². The Balaban J connectivity index is 2.17. The van der Waals surface area contributed by atoms with Gasteiger partial charge in [-0.3, -0.25) is 0 Å². The van der Waals surface area contributed by atoms with Crippen molar-refractivity contribution in [2.45, 2.75) is 31.0 Å². The first kappa shape index (κ1) is 14.4. The zero-order valence-corrected chi connectivity index (χ0v) is 12.0. The minimum atomic E-state index is -4.32. The van der Waals surface area contributed by atoms with Crippen molar-refractivity contribution in [2.75, 3.05) is 25.0 Å². The van der Waals surface area contributed by atoms with Crippen molar-refractivity contribution in [1.82, 2.24) is 5.32 Å². The number of anilines is 1. The molecule has 1 aromatic carbocycles. The summed E-state index contributed by atoms with van der Waals surface area (Å²) < 4.78 is 40.3. The summed E-state index contributed by atoms with van der Waals surface area (Å²) >= 11 is 0. The van der Waals surface area contributed by atoms with Gasteiger partial charge in [0.15, 0.2) is 0 Å². The quantitative estimate of drug-likeness (QED) is 0.842. The molecule has 2 aliphatic rings. The Hall–Kier alpha value is -1.49. The van der Waals surface area contributed by atoms with Gasteiger partial charge in [-0.05, 0) is 36.6 Å². The van der Waals surface area contributed by atoms with Crippen LogP contribution in [0.2, 0.25) is 0 Å². The van der Waals surface area contributed by atoms with E-state index in [1.807, 2.05) is 11.0 Å². The molecule has 3 rings (SSSR count). The Labute approximate surface area is 122 Å². The summed E-state index contributed by atoms with van der Waals surface area (Å²) in [5, 5.41) is 3.30. The largest absolute Gasteiger partial charge is 0.418 e. The molecule has 0 radical (unpaired) electrons. The van der Waals surface area contributed by atoms with Crippen molar-refractivity contribution < 1.29 is 13.2 Å². The lowest BCUT2D eigenvalue weighted by Gasteiger charge is -2.31. The molecule has 1 N–H and O–H groups in total. The number of alkyl halides is 3. The highest BCUT2D eigenvalue weighted by molar-refractivity contribution is 5.68. The number of hydrogen-bond donors (Lipinski definition) is 1. The van der Waals surface area contributed by atoms with Gasteiger partial charge in [0.05, 0.1) is 11.3 Å². The van der Waals surface area contributed by atoms with Crippen molar-refractivity contribution in [3.8, 4) is 0 Å². The van der Waals surface area contributed by atoms with Crippen molar-refractivity contribution in [1.29, 1.82) is 0 Å². The number of halogens is 3. The van der Waals surface area contributed by atoms with E-state index in [1.54, 1.807) is 13.1 Å². The molecule has 1 fully saturated rings. The summed E-state index contributed by atoms with van der Waals surface area (Å²) in [6.45, 7) is 5.24. The van der Waals surface area contributed by atoms with Gasteiger partial charge in [-0.1, -0.05) is 12.1 Å². The van der Waals surface area contributed by atoms with Crippen LogP contribution < -0.4 is 10.2 Å². The first-order valence-corrected chi connectivity index (χ1v) is 7.22. The zero-order chi connectivity index (χ0) is 15.2. The molecule has 0 aromatic heterocycles. The SMILES string of the molecule is C=CCc1cc2c(c(C(F)(F)F)c1)N(C)C1CCNCC21. The summed E-state index contributed by atoms with van der Waals surface area (Å²) in [4.78, 5) is 1.83. The van der Waals surface area contributed by atoms with E-state index in [4.69, 9.17) is 0 Å². The van der Waals surface area contributed by atoms with E-state index < -0.39 is 11.7 Å². The summed E-state index contributed by atoms with van der Waals surface area (Å²) in [5.41, 5.74) is 1.39. The molecular weight excluding hydrogens is 277 g/mol. The van der Waals surface area contributed by atoms with Crippen molar-refractivity contribution in [3.63, 3.8) is 0 Å². The number of piperidine rings is 1. The summed E-state index contributed by atoms with van der Waals surface area (Å²) in [6, 6.07) is 3.38. The molecule has 2 unspecified atom stereocenters. The van der Waals surface area contributed by atoms with Crippen LogP contribution in [0.1, 0.15) is 29.0 Å². The van der Waals surface area contributed by atoms with Gasteiger partial charge < -0.3 is 10.2 Å². The van der Waals surface area contributed by atoms with Gasteiger partial charge in [0.1, 0.15) is 0 Å². The molecule has 2 atom stereocenters. The van der Waals surface area contributed by atoms with Crippen LogP contribution in [0.15, 0.2) is 24.8 Å². The van der Waals surface area contributed by atoms with Gasteiger partial charge in [0, 0.05) is 25.6 Å². The van der Waals surface area contributed by atoms with Crippen LogP contribution >= 0.6 is 0 Å². The maximum Gasteiger partial charge on any atom is 0.418 e. The van der Waals surface area contributed by atoms with Crippen LogP contribution in [0.4, 0.5) is 18.9 Å². The molecule has 1 saturated heterocycles. The molecule has 0 amide bonds. The summed E-state index contributed by atoms with van der Waals surface area (Å²) in [6.07, 6.45) is -1.33. The molecule has 21 heavy (non-hydrogen) atoms. The molecule has 2 heterocycles. The van der Waals surface area contributed by atoms with E-state index >= 15 is 0 Å². The molecule has 0 spiro atoms. The number of rotatable bonds is 2. The number of nitrogens with one attached hydrogen (secondary N) is 1. The third kappa shape index (κ3) is 2.33. The van der Waals surface area contributed by atoms with Gasteiger partial charge >= 0.3 is 6.18 Å². The monoisotopic (exact) mass is 296 g/mol. The highest BCUT2D eigenvalue weighted by Gasteiger charge is 2.44. The average Bonchev–Trinajstić information content (AvgIpc) is 2.72. The van der Waals surface area contributed by atoms with Gasteiger partial charge in [-0.25, -0.2) is 0 Å². The minimum absolute atomic E-state index is 0.143. The lowest BCUT2D eigenvalue weighted by molar-refractivity contribution is -0.137. The number of allylic oxidation sites excluding steroid dienone is 1. The predicted octanol–water partition coefficient (Wildman–Crippen LogP) is 3.33. The molecule has 0 aliphatic carbocycles. The van der Waals surface area contributed by atoms with Gasteiger partial charge in [0.25, 0.3) is 0 Å². The maximum atomic E-state index is 13.4. The second kappa shape index (κ2) is 5.05. The zero-order valence-electron chi connectivity index (χ0n) is 12.0. The molecule has 114 valence electrons. The van der Waals surface area contributed by atoms with Crippen LogP contribution in [0.5, 0.6) is 0 Å². The van der Waals surface area contributed by atoms with Crippen molar-refractivity contribution in [2.24, 2.45) is 0 Å². The molecular formula is C16H19F3N2. The Kier molecular flexibility index (Phi) is 3.48. The lowest BCUT2D eigenvalue weighted by Crippen LogP contribution is -2.42. The van der Waals surface area contributed by atoms with Crippen LogP contribution in [-0.2, 0) is 12.6 Å². The maximum absolute atomic E-state index is 13.4. The molecule has 2 nitrogen and oxygen atoms in total. The summed E-state index contributed by atoms with van der Waals surface area (Å²) in [5.74, 6) is 0.143. The first-order valence-electron chi connectivity index (χ1n) is 7.22. The highest BCUT2D eigenvalue weighted by atomic mass is 19.4. The van der Waals surface area contributed by atoms with E-state index in [0.717, 1.165) is 25.1 Å². The van der Waals surface area contributed by atoms with E-state index in [0.29, 0.717) is 17.7 Å². The molecule has 5 heteroatoms. The third-order valence-corrected chi connectivity index (χ3v) is 4.58. The second-order valence-corrected chi connectivity index (χ2v) is 5.85. The number of nitrogens with zero attached hydrogens (tertiary/aromatic N) is 1. The third-order valence-electron chi connectivity index (χ3n) is 4.58. The number of hydrogen-bond acceptors (Lipinski definition) is 2. The average molecular weight is 296 g/mol. The van der Waals surface area contributed by atoms with Crippen LogP contribution in [0, 0.1) is 0 Å². The predicted molar refractivity (Wildman–Crippen MR) is 77.8 cm³/mol. The standard InChI is InChI=1S/C16H19F3N2/c1-3-4-10-7-11-12-9-20-6-5-14(12)21(2)15(11)13(8-10)16(17,18)19/h3,7-8,12,14,20H,1,4-6,9H2,2H3. The fraction of sp³-hybridized carbons (Fsp3) is 0.500. The molecule has 2 aliphatic heterocycles. The van der Waals surface area contributed by atoms with Crippen LogP contribution in [-0.4, -0.2) is 26.2 Å². The van der Waals surface area contributed by atoms with Crippen LogP contribution in [0.3, 0.4) is 0 Å². The van der Waals surface area contributed by atoms with E-state index in [9.17, 15) is 13.2 Å². The second-order valence-electron chi connectivity index (χ2n) is 5.85. The Morgan fingerprint density at radius 2 is 2.19 bits per heavy atom. The smallest absolute Gasteiger partial charge is 0.370 e. The normalized spacial score (nSPS) is 24.7. The van der Waals surface area contributed by atoms with E-state index in [2.05, 4.69) is 11.9 Å². The Morgan fingerprint density at radius 3 is 2.86 bits per heavy atom. The molecule has 0 saturated carbocycles. The van der Waals surface area contributed by atoms with Crippen molar-refractivity contribution >= 4 is 5.69 Å². The fourth-order valence-corrected chi connectivity index (χ4v) is 3.69. The molecule has 0 bridgehead atoms. The first-order chi connectivity index (χ1) is 9.93. The van der Waals surface area contributed by atoms with Gasteiger partial charge in [0.2, 0.25) is 0 Å². The van der Waals surface area contributed by atoms with Gasteiger partial charge in [-0.15, -0.1) is 6.58 Å². The Bertz CT molecular complexity index is 565. The highest BCUT2D eigenvalue weighted by Crippen LogP contribution is 2.49. The minimum Gasteiger partial charge on any atom is -0.370 e. The van der Waals surface area contributed by atoms with Crippen molar-refractivity contribution in [3.05, 3.63) is 41.5 Å². The number of fused-ring (bicyclic) bond motifs is 3.